The second-order valence-electron chi connectivity index (χ2n) is 4.18. The third-order valence-electron chi connectivity index (χ3n) is 2.98. The number of aliphatic hydroxyl groups is 1. The minimum atomic E-state index is -0.148. The first-order chi connectivity index (χ1) is 6.24. The summed E-state index contributed by atoms with van der Waals surface area (Å²) >= 11 is 0. The molecule has 13 heavy (non-hydrogen) atoms. The van der Waals surface area contributed by atoms with Crippen LogP contribution in [0.25, 0.3) is 0 Å². The molecule has 0 aromatic carbocycles. The molecular weight excluding hydrogens is 164 g/mol. The highest BCUT2D eigenvalue weighted by molar-refractivity contribution is 4.71. The van der Waals surface area contributed by atoms with Gasteiger partial charge in [-0.05, 0) is 38.0 Å². The zero-order valence-electron chi connectivity index (χ0n) is 8.83. The predicted octanol–water partition coefficient (Wildman–Crippen LogP) is 2.35. The smallest absolute Gasteiger partial charge is 0.0578 e. The molecule has 0 aliphatic carbocycles. The molecular formula is C11H22O2. The maximum Gasteiger partial charge on any atom is 0.0578 e. The fourth-order valence-corrected chi connectivity index (χ4v) is 1.97. The fraction of sp³-hybridized carbons (Fsp3) is 1.00. The fourth-order valence-electron chi connectivity index (χ4n) is 1.97. The van der Waals surface area contributed by atoms with E-state index in [0.717, 1.165) is 19.4 Å². The largest absolute Gasteiger partial charge is 0.393 e. The SMILES string of the molecule is CCC(O)C(C)CC1CCCCO1. The van der Waals surface area contributed by atoms with E-state index in [0.29, 0.717) is 12.0 Å². The Hall–Kier alpha value is -0.0800. The molecule has 1 aliphatic rings. The minimum Gasteiger partial charge on any atom is -0.393 e. The summed E-state index contributed by atoms with van der Waals surface area (Å²) in [5.41, 5.74) is 0. The molecule has 0 aromatic rings. The number of hydrogen-bond donors (Lipinski definition) is 1. The summed E-state index contributed by atoms with van der Waals surface area (Å²) in [6.07, 6.45) is 5.82. The summed E-state index contributed by atoms with van der Waals surface area (Å²) in [5, 5.41) is 9.60. The highest BCUT2D eigenvalue weighted by atomic mass is 16.5. The summed E-state index contributed by atoms with van der Waals surface area (Å²) in [6, 6.07) is 0. The number of rotatable bonds is 4. The van der Waals surface area contributed by atoms with E-state index in [4.69, 9.17) is 4.74 Å². The molecule has 0 amide bonds. The van der Waals surface area contributed by atoms with Crippen molar-refractivity contribution in [2.45, 2.75) is 58.2 Å². The van der Waals surface area contributed by atoms with E-state index >= 15 is 0 Å². The first-order valence-corrected chi connectivity index (χ1v) is 5.53. The van der Waals surface area contributed by atoms with Gasteiger partial charge in [-0.1, -0.05) is 13.8 Å². The Labute approximate surface area is 81.3 Å². The van der Waals surface area contributed by atoms with Gasteiger partial charge in [0.2, 0.25) is 0 Å². The lowest BCUT2D eigenvalue weighted by Gasteiger charge is -2.27. The lowest BCUT2D eigenvalue weighted by Crippen LogP contribution is -2.26. The van der Waals surface area contributed by atoms with Crippen LogP contribution in [0.2, 0.25) is 0 Å². The summed E-state index contributed by atoms with van der Waals surface area (Å²) < 4.78 is 5.63. The molecule has 3 atom stereocenters. The van der Waals surface area contributed by atoms with Crippen molar-refractivity contribution in [1.82, 2.24) is 0 Å². The van der Waals surface area contributed by atoms with Crippen LogP contribution < -0.4 is 0 Å². The minimum absolute atomic E-state index is 0.148. The molecule has 1 heterocycles. The standard InChI is InChI=1S/C11H22O2/c1-3-11(12)9(2)8-10-6-4-5-7-13-10/h9-12H,3-8H2,1-2H3. The highest BCUT2D eigenvalue weighted by Crippen LogP contribution is 2.22. The van der Waals surface area contributed by atoms with E-state index in [1.165, 1.54) is 19.3 Å². The van der Waals surface area contributed by atoms with Gasteiger partial charge in [0.05, 0.1) is 12.2 Å². The molecule has 3 unspecified atom stereocenters. The molecule has 0 saturated carbocycles. The van der Waals surface area contributed by atoms with E-state index in [2.05, 4.69) is 6.92 Å². The van der Waals surface area contributed by atoms with Crippen molar-refractivity contribution in [3.63, 3.8) is 0 Å². The molecule has 0 spiro atoms. The van der Waals surface area contributed by atoms with E-state index in [1.54, 1.807) is 0 Å². The second kappa shape index (κ2) is 5.61. The van der Waals surface area contributed by atoms with Crippen molar-refractivity contribution in [3.05, 3.63) is 0 Å². The average Bonchev–Trinajstić information content (AvgIpc) is 2.18. The van der Waals surface area contributed by atoms with Crippen LogP contribution in [0.5, 0.6) is 0 Å². The number of hydrogen-bond acceptors (Lipinski definition) is 2. The molecule has 0 radical (unpaired) electrons. The van der Waals surface area contributed by atoms with Gasteiger partial charge in [0.15, 0.2) is 0 Å². The zero-order chi connectivity index (χ0) is 9.68. The van der Waals surface area contributed by atoms with Crippen LogP contribution in [0.3, 0.4) is 0 Å². The van der Waals surface area contributed by atoms with Crippen LogP contribution in [-0.2, 0) is 4.74 Å². The Morgan fingerprint density at radius 3 is 2.77 bits per heavy atom. The Morgan fingerprint density at radius 2 is 2.23 bits per heavy atom. The van der Waals surface area contributed by atoms with Gasteiger partial charge in [-0.2, -0.15) is 0 Å². The normalized spacial score (nSPS) is 28.4. The second-order valence-corrected chi connectivity index (χ2v) is 4.18. The van der Waals surface area contributed by atoms with Crippen molar-refractivity contribution in [1.29, 1.82) is 0 Å². The van der Waals surface area contributed by atoms with E-state index in [-0.39, 0.29) is 6.10 Å². The van der Waals surface area contributed by atoms with Gasteiger partial charge < -0.3 is 9.84 Å². The molecule has 0 aromatic heterocycles. The predicted molar refractivity (Wildman–Crippen MR) is 53.7 cm³/mol. The van der Waals surface area contributed by atoms with Crippen molar-refractivity contribution < 1.29 is 9.84 Å². The van der Waals surface area contributed by atoms with E-state index in [9.17, 15) is 5.11 Å². The molecule has 2 nitrogen and oxygen atoms in total. The van der Waals surface area contributed by atoms with Crippen molar-refractivity contribution in [2.24, 2.45) is 5.92 Å². The average molecular weight is 186 g/mol. The Bertz CT molecular complexity index is 130. The molecule has 2 heteroatoms. The van der Waals surface area contributed by atoms with Gasteiger partial charge >= 0.3 is 0 Å². The van der Waals surface area contributed by atoms with Gasteiger partial charge in [0, 0.05) is 6.61 Å². The van der Waals surface area contributed by atoms with Crippen molar-refractivity contribution in [3.8, 4) is 0 Å². The summed E-state index contributed by atoms with van der Waals surface area (Å²) in [6.45, 7) is 5.06. The Morgan fingerprint density at radius 1 is 1.46 bits per heavy atom. The molecule has 0 bridgehead atoms. The van der Waals surface area contributed by atoms with Gasteiger partial charge in [-0.3, -0.25) is 0 Å². The highest BCUT2D eigenvalue weighted by Gasteiger charge is 2.20. The van der Waals surface area contributed by atoms with Gasteiger partial charge in [-0.25, -0.2) is 0 Å². The van der Waals surface area contributed by atoms with E-state index in [1.807, 2.05) is 6.92 Å². The molecule has 1 N–H and O–H groups in total. The summed E-state index contributed by atoms with van der Waals surface area (Å²) in [5.74, 6) is 0.382. The van der Waals surface area contributed by atoms with Crippen LogP contribution in [0, 0.1) is 5.92 Å². The van der Waals surface area contributed by atoms with Crippen molar-refractivity contribution in [2.75, 3.05) is 6.61 Å². The lowest BCUT2D eigenvalue weighted by molar-refractivity contribution is -0.0133. The van der Waals surface area contributed by atoms with Crippen LogP contribution in [-0.4, -0.2) is 23.9 Å². The maximum absolute atomic E-state index is 9.60. The van der Waals surface area contributed by atoms with E-state index < -0.39 is 0 Å². The molecule has 1 fully saturated rings. The van der Waals surface area contributed by atoms with Crippen LogP contribution in [0.1, 0.15) is 46.0 Å². The van der Waals surface area contributed by atoms with Crippen LogP contribution in [0.4, 0.5) is 0 Å². The zero-order valence-corrected chi connectivity index (χ0v) is 8.83. The third-order valence-corrected chi connectivity index (χ3v) is 2.98. The maximum atomic E-state index is 9.60. The van der Waals surface area contributed by atoms with Crippen LogP contribution in [0.15, 0.2) is 0 Å². The Balaban J connectivity index is 2.21. The molecule has 1 aliphatic heterocycles. The molecule has 78 valence electrons. The first-order valence-electron chi connectivity index (χ1n) is 5.53. The Kier molecular flexibility index (Phi) is 4.74. The monoisotopic (exact) mass is 186 g/mol. The van der Waals surface area contributed by atoms with Crippen LogP contribution >= 0.6 is 0 Å². The van der Waals surface area contributed by atoms with Gasteiger partial charge in [0.25, 0.3) is 0 Å². The molecule has 1 rings (SSSR count). The molecule has 1 saturated heterocycles. The third kappa shape index (κ3) is 3.65. The van der Waals surface area contributed by atoms with Gasteiger partial charge in [-0.15, -0.1) is 0 Å². The number of ether oxygens (including phenoxy) is 1. The summed E-state index contributed by atoms with van der Waals surface area (Å²) in [7, 11) is 0. The van der Waals surface area contributed by atoms with Gasteiger partial charge in [0.1, 0.15) is 0 Å². The first kappa shape index (κ1) is 11.0. The quantitative estimate of drug-likeness (QED) is 0.730. The summed E-state index contributed by atoms with van der Waals surface area (Å²) in [4.78, 5) is 0. The topological polar surface area (TPSA) is 29.5 Å². The number of aliphatic hydroxyl groups excluding tert-OH is 1. The lowest BCUT2D eigenvalue weighted by atomic mass is 9.93. The van der Waals surface area contributed by atoms with Crippen molar-refractivity contribution >= 4 is 0 Å².